The summed E-state index contributed by atoms with van der Waals surface area (Å²) in [6, 6.07) is 7.23. The average Bonchev–Trinajstić information content (AvgIpc) is 2.98. The minimum Gasteiger partial charge on any atom is -0.478 e. The summed E-state index contributed by atoms with van der Waals surface area (Å²) in [5.41, 5.74) is 0.104. The van der Waals surface area contributed by atoms with Crippen molar-refractivity contribution in [2.45, 2.75) is 11.8 Å². The van der Waals surface area contributed by atoms with E-state index < -0.39 is 21.9 Å². The van der Waals surface area contributed by atoms with Crippen molar-refractivity contribution in [2.75, 3.05) is 11.9 Å². The highest BCUT2D eigenvalue weighted by Gasteiger charge is 2.19. The Morgan fingerprint density at radius 3 is 2.61 bits per heavy atom. The number of hydrogen-bond acceptors (Lipinski definition) is 5. The number of hydrogen-bond donors (Lipinski definition) is 3. The van der Waals surface area contributed by atoms with Crippen LogP contribution in [0.15, 0.2) is 40.6 Å². The summed E-state index contributed by atoms with van der Waals surface area (Å²) in [5, 5.41) is 12.9. The van der Waals surface area contributed by atoms with Crippen molar-refractivity contribution in [2.24, 2.45) is 0 Å². The van der Waals surface area contributed by atoms with E-state index in [9.17, 15) is 18.0 Å². The maximum Gasteiger partial charge on any atom is 0.337 e. The predicted octanol–water partition coefficient (Wildman–Crippen LogP) is 2.00. The van der Waals surface area contributed by atoms with Crippen LogP contribution in [0.3, 0.4) is 0 Å². The molecule has 1 aromatic carbocycles. The van der Waals surface area contributed by atoms with Crippen molar-refractivity contribution in [3.63, 3.8) is 0 Å². The third-order valence-corrected chi connectivity index (χ3v) is 5.45. The number of carboxylic acids is 1. The van der Waals surface area contributed by atoms with Crippen LogP contribution in [0, 0.1) is 0 Å². The van der Waals surface area contributed by atoms with Crippen LogP contribution in [0.4, 0.5) is 5.69 Å². The smallest absolute Gasteiger partial charge is 0.337 e. The van der Waals surface area contributed by atoms with Gasteiger partial charge in [0, 0.05) is 11.9 Å². The first-order valence-electron chi connectivity index (χ1n) is 6.57. The lowest BCUT2D eigenvalue weighted by Crippen LogP contribution is -2.22. The number of nitrogens with one attached hydrogen (secondary N) is 2. The lowest BCUT2D eigenvalue weighted by Gasteiger charge is -2.06. The predicted molar refractivity (Wildman–Crippen MR) is 86.5 cm³/mol. The van der Waals surface area contributed by atoms with E-state index in [0.717, 1.165) is 11.3 Å². The first-order valence-corrected chi connectivity index (χ1v) is 8.93. The van der Waals surface area contributed by atoms with Crippen LogP contribution >= 0.6 is 11.3 Å². The Morgan fingerprint density at radius 1 is 1.26 bits per heavy atom. The molecule has 0 bridgehead atoms. The molecule has 0 unspecified atom stereocenters. The van der Waals surface area contributed by atoms with Crippen LogP contribution in [-0.4, -0.2) is 31.9 Å². The van der Waals surface area contributed by atoms with E-state index in [4.69, 9.17) is 5.11 Å². The highest BCUT2D eigenvalue weighted by Crippen LogP contribution is 2.22. The number of carbonyl (C=O) groups excluding carboxylic acids is 1. The van der Waals surface area contributed by atoms with E-state index in [0.29, 0.717) is 0 Å². The fourth-order valence-corrected chi connectivity index (χ4v) is 4.02. The molecule has 0 spiro atoms. The molecule has 2 rings (SSSR count). The molecule has 0 aliphatic rings. The topological polar surface area (TPSA) is 113 Å². The lowest BCUT2D eigenvalue weighted by atomic mass is 10.2. The van der Waals surface area contributed by atoms with Gasteiger partial charge in [0.2, 0.25) is 10.0 Å². The van der Waals surface area contributed by atoms with Crippen molar-refractivity contribution < 1.29 is 23.1 Å². The van der Waals surface area contributed by atoms with Gasteiger partial charge in [-0.1, -0.05) is 19.1 Å². The van der Waals surface area contributed by atoms with Gasteiger partial charge in [-0.25, -0.2) is 17.9 Å². The molecule has 122 valence electrons. The van der Waals surface area contributed by atoms with Crippen molar-refractivity contribution in [1.29, 1.82) is 0 Å². The molecule has 9 heteroatoms. The lowest BCUT2D eigenvalue weighted by molar-refractivity contribution is 0.0698. The number of carbonyl (C=O) groups is 2. The molecule has 1 amide bonds. The highest BCUT2D eigenvalue weighted by molar-refractivity contribution is 7.89. The second-order valence-electron chi connectivity index (χ2n) is 4.45. The number of benzene rings is 1. The summed E-state index contributed by atoms with van der Waals surface area (Å²) in [6.07, 6.45) is 0. The number of para-hydroxylation sites is 1. The molecule has 3 N–H and O–H groups in total. The summed E-state index contributed by atoms with van der Waals surface area (Å²) in [5.74, 6) is -1.73. The van der Waals surface area contributed by atoms with Crippen molar-refractivity contribution in [3.05, 3.63) is 46.2 Å². The van der Waals surface area contributed by atoms with Gasteiger partial charge in [-0.05, 0) is 18.2 Å². The molecule has 1 aromatic heterocycles. The van der Waals surface area contributed by atoms with Crippen molar-refractivity contribution >= 4 is 38.9 Å². The summed E-state index contributed by atoms with van der Waals surface area (Å²) in [7, 11) is -3.63. The Labute approximate surface area is 137 Å². The van der Waals surface area contributed by atoms with Crippen LogP contribution in [-0.2, 0) is 10.0 Å². The van der Waals surface area contributed by atoms with Crippen LogP contribution in [0.2, 0.25) is 0 Å². The van der Waals surface area contributed by atoms with Gasteiger partial charge in [0.1, 0.15) is 0 Å². The molecule has 23 heavy (non-hydrogen) atoms. The third-order valence-electron chi connectivity index (χ3n) is 2.85. The van der Waals surface area contributed by atoms with E-state index >= 15 is 0 Å². The van der Waals surface area contributed by atoms with E-state index in [1.54, 1.807) is 19.1 Å². The zero-order valence-electron chi connectivity index (χ0n) is 12.1. The van der Waals surface area contributed by atoms with Gasteiger partial charge in [-0.2, -0.15) is 0 Å². The van der Waals surface area contributed by atoms with Crippen LogP contribution in [0.25, 0.3) is 0 Å². The van der Waals surface area contributed by atoms with Crippen molar-refractivity contribution in [1.82, 2.24) is 4.72 Å². The Balaban J connectivity index is 2.23. The normalized spacial score (nSPS) is 11.2. The molecule has 7 nitrogen and oxygen atoms in total. The van der Waals surface area contributed by atoms with Crippen molar-refractivity contribution in [3.8, 4) is 0 Å². The Kier molecular flexibility index (Phi) is 5.14. The number of rotatable bonds is 6. The van der Waals surface area contributed by atoms with E-state index in [-0.39, 0.29) is 27.6 Å². The second kappa shape index (κ2) is 6.90. The summed E-state index contributed by atoms with van der Waals surface area (Å²) in [6.45, 7) is 1.89. The molecule has 1 heterocycles. The van der Waals surface area contributed by atoms with Gasteiger partial charge in [-0.3, -0.25) is 4.79 Å². The number of sulfonamides is 1. The third kappa shape index (κ3) is 3.95. The minimum atomic E-state index is -3.63. The van der Waals surface area contributed by atoms with E-state index in [2.05, 4.69) is 10.0 Å². The maximum absolute atomic E-state index is 12.2. The number of anilines is 1. The fourth-order valence-electron chi connectivity index (χ4n) is 1.81. The van der Waals surface area contributed by atoms with E-state index in [1.165, 1.54) is 23.6 Å². The van der Waals surface area contributed by atoms with E-state index in [1.807, 2.05) is 0 Å². The van der Waals surface area contributed by atoms with Gasteiger partial charge in [0.25, 0.3) is 5.91 Å². The summed E-state index contributed by atoms with van der Waals surface area (Å²) < 4.78 is 26.0. The highest BCUT2D eigenvalue weighted by atomic mass is 32.2. The Bertz CT molecular complexity index is 842. The van der Waals surface area contributed by atoms with Gasteiger partial charge in [0.05, 0.1) is 21.0 Å². The number of thiophene rings is 1. The molecule has 0 saturated heterocycles. The zero-order valence-corrected chi connectivity index (χ0v) is 13.7. The summed E-state index contributed by atoms with van der Waals surface area (Å²) in [4.78, 5) is 23.5. The van der Waals surface area contributed by atoms with Crippen LogP contribution < -0.4 is 10.0 Å². The largest absolute Gasteiger partial charge is 0.478 e. The molecule has 0 aliphatic carbocycles. The number of aromatic carboxylic acids is 1. The molecule has 0 saturated carbocycles. The fraction of sp³-hybridized carbons (Fsp3) is 0.143. The molecule has 0 radical (unpaired) electrons. The number of carboxylic acid groups (broad SMARTS) is 1. The molecular weight excluding hydrogens is 340 g/mol. The molecular formula is C14H14N2O5S2. The quantitative estimate of drug-likeness (QED) is 0.734. The minimum absolute atomic E-state index is 0.000944. The zero-order chi connectivity index (χ0) is 17.0. The number of amides is 1. The average molecular weight is 354 g/mol. The monoisotopic (exact) mass is 354 g/mol. The Morgan fingerprint density at radius 2 is 1.96 bits per heavy atom. The standard InChI is InChI=1S/C14H14N2O5S2/c1-2-15-23(20,21)9-7-12(22-8-9)13(17)16-11-6-4-3-5-10(11)14(18)19/h3-8,15H,2H2,1H3,(H,16,17)(H,18,19). The van der Waals surface area contributed by atoms with Gasteiger partial charge in [0.15, 0.2) is 0 Å². The van der Waals surface area contributed by atoms with Gasteiger partial charge >= 0.3 is 5.97 Å². The van der Waals surface area contributed by atoms with Crippen LogP contribution in [0.1, 0.15) is 27.0 Å². The molecule has 2 aromatic rings. The van der Waals surface area contributed by atoms with Gasteiger partial charge in [-0.15, -0.1) is 11.3 Å². The second-order valence-corrected chi connectivity index (χ2v) is 7.13. The summed E-state index contributed by atoms with van der Waals surface area (Å²) >= 11 is 0.965. The Hall–Kier alpha value is -2.23. The molecule has 0 atom stereocenters. The maximum atomic E-state index is 12.2. The SMILES string of the molecule is CCNS(=O)(=O)c1csc(C(=O)Nc2ccccc2C(=O)O)c1. The van der Waals surface area contributed by atoms with Gasteiger partial charge < -0.3 is 10.4 Å². The van der Waals surface area contributed by atoms with Crippen LogP contribution in [0.5, 0.6) is 0 Å². The first-order chi connectivity index (χ1) is 10.8. The molecule has 0 fully saturated rings. The molecule has 0 aliphatic heterocycles. The first kappa shape index (κ1) is 17.1.